The zero-order valence-electron chi connectivity index (χ0n) is 15.1. The van der Waals surface area contributed by atoms with Gasteiger partial charge in [-0.05, 0) is 18.8 Å². The molecule has 0 saturated carbocycles. The van der Waals surface area contributed by atoms with Gasteiger partial charge in [0.05, 0.1) is 22.6 Å². The number of carbonyl (C=O) groups excluding carboxylic acids is 1. The molecule has 0 unspecified atom stereocenters. The summed E-state index contributed by atoms with van der Waals surface area (Å²) in [6.45, 7) is 8.54. The van der Waals surface area contributed by atoms with E-state index < -0.39 is 9.84 Å². The Morgan fingerprint density at radius 3 is 2.72 bits per heavy atom. The first-order valence-corrected chi connectivity index (χ1v) is 11.7. The molecule has 3 rings (SSSR count). The summed E-state index contributed by atoms with van der Waals surface area (Å²) in [5, 5.41) is 2.78. The number of nitrogens with zero attached hydrogens (tertiary/aromatic N) is 3. The van der Waals surface area contributed by atoms with Crippen molar-refractivity contribution in [1.29, 1.82) is 0 Å². The van der Waals surface area contributed by atoms with E-state index in [0.717, 1.165) is 30.9 Å². The predicted octanol–water partition coefficient (Wildman–Crippen LogP) is 1.68. The number of carbonyl (C=O) groups is 1. The third-order valence-electron chi connectivity index (χ3n) is 4.89. The molecule has 2 aliphatic rings. The normalized spacial score (nSPS) is 26.2. The summed E-state index contributed by atoms with van der Waals surface area (Å²) in [4.78, 5) is 21.4. The van der Waals surface area contributed by atoms with Crippen LogP contribution in [0.1, 0.15) is 42.7 Å². The molecule has 0 spiro atoms. The number of amides is 1. The van der Waals surface area contributed by atoms with Crippen molar-refractivity contribution in [2.45, 2.75) is 45.7 Å². The van der Waals surface area contributed by atoms with Crippen LogP contribution in [0.4, 0.5) is 0 Å². The van der Waals surface area contributed by atoms with Crippen molar-refractivity contribution in [2.24, 2.45) is 5.92 Å². The van der Waals surface area contributed by atoms with Crippen LogP contribution in [-0.2, 0) is 16.3 Å². The minimum Gasteiger partial charge on any atom is -0.330 e. The molecule has 0 radical (unpaired) electrons. The van der Waals surface area contributed by atoms with Gasteiger partial charge < -0.3 is 4.90 Å². The maximum Gasteiger partial charge on any atom is 0.273 e. The molecule has 3 heterocycles. The predicted molar refractivity (Wildman–Crippen MR) is 99.8 cm³/mol. The van der Waals surface area contributed by atoms with E-state index in [2.05, 4.69) is 30.7 Å². The van der Waals surface area contributed by atoms with E-state index in [0.29, 0.717) is 18.2 Å². The molecule has 0 N–H and O–H groups in total. The Hall–Kier alpha value is -0.990. The Kier molecular flexibility index (Phi) is 5.51. The van der Waals surface area contributed by atoms with Crippen LogP contribution in [0.2, 0.25) is 0 Å². The van der Waals surface area contributed by atoms with Gasteiger partial charge in [-0.25, -0.2) is 13.4 Å². The van der Waals surface area contributed by atoms with Crippen LogP contribution in [0.15, 0.2) is 5.38 Å². The molecule has 2 saturated heterocycles. The second-order valence-corrected chi connectivity index (χ2v) is 10.6. The molecule has 140 valence electrons. The first kappa shape index (κ1) is 18.8. The molecular weight excluding hydrogens is 358 g/mol. The Morgan fingerprint density at radius 1 is 1.32 bits per heavy atom. The number of piperazine rings is 1. The highest BCUT2D eigenvalue weighted by atomic mass is 32.2. The maximum atomic E-state index is 13.0. The zero-order valence-corrected chi connectivity index (χ0v) is 16.8. The van der Waals surface area contributed by atoms with Crippen molar-refractivity contribution in [3.8, 4) is 0 Å². The molecule has 2 atom stereocenters. The van der Waals surface area contributed by atoms with E-state index in [-0.39, 0.29) is 29.5 Å². The minimum atomic E-state index is -3.10. The Bertz CT molecular complexity index is 729. The fraction of sp³-hybridized carbons (Fsp3) is 0.765. The van der Waals surface area contributed by atoms with Crippen molar-refractivity contribution < 1.29 is 13.2 Å². The number of thiazole rings is 1. The fourth-order valence-corrected chi connectivity index (χ4v) is 6.74. The second-order valence-electron chi connectivity index (χ2n) is 7.48. The smallest absolute Gasteiger partial charge is 0.273 e. The van der Waals surface area contributed by atoms with Crippen molar-refractivity contribution in [3.05, 3.63) is 16.1 Å². The zero-order chi connectivity index (χ0) is 18.2. The molecule has 2 aliphatic heterocycles. The quantitative estimate of drug-likeness (QED) is 0.771. The summed E-state index contributed by atoms with van der Waals surface area (Å²) in [5.74, 6) is 0.590. The molecule has 25 heavy (non-hydrogen) atoms. The maximum absolute atomic E-state index is 13.0. The van der Waals surface area contributed by atoms with Crippen molar-refractivity contribution in [2.75, 3.05) is 31.1 Å². The Morgan fingerprint density at radius 2 is 2.04 bits per heavy atom. The molecule has 0 bridgehead atoms. The Balaban J connectivity index is 1.81. The Labute approximate surface area is 154 Å². The lowest BCUT2D eigenvalue weighted by molar-refractivity contribution is 0.0293. The van der Waals surface area contributed by atoms with Gasteiger partial charge >= 0.3 is 0 Å². The van der Waals surface area contributed by atoms with Crippen LogP contribution in [0.25, 0.3) is 0 Å². The van der Waals surface area contributed by atoms with Gasteiger partial charge in [-0.3, -0.25) is 9.69 Å². The van der Waals surface area contributed by atoms with E-state index in [9.17, 15) is 13.2 Å². The van der Waals surface area contributed by atoms with Gasteiger partial charge in [-0.1, -0.05) is 20.8 Å². The van der Waals surface area contributed by atoms with Crippen LogP contribution >= 0.6 is 11.3 Å². The van der Waals surface area contributed by atoms with E-state index >= 15 is 0 Å². The molecule has 1 aromatic heterocycles. The van der Waals surface area contributed by atoms with Gasteiger partial charge in [0.1, 0.15) is 5.69 Å². The van der Waals surface area contributed by atoms with Gasteiger partial charge in [0, 0.05) is 31.1 Å². The summed E-state index contributed by atoms with van der Waals surface area (Å²) < 4.78 is 24.5. The van der Waals surface area contributed by atoms with Crippen LogP contribution in [-0.4, -0.2) is 72.3 Å². The molecule has 1 amide bonds. The van der Waals surface area contributed by atoms with Crippen molar-refractivity contribution in [3.63, 3.8) is 0 Å². The second kappa shape index (κ2) is 7.32. The molecule has 2 fully saturated rings. The summed E-state index contributed by atoms with van der Waals surface area (Å²) in [5.41, 5.74) is 0.466. The van der Waals surface area contributed by atoms with Gasteiger partial charge in [-0.2, -0.15) is 0 Å². The highest BCUT2D eigenvalue weighted by Crippen LogP contribution is 2.29. The van der Waals surface area contributed by atoms with Crippen molar-refractivity contribution >= 4 is 27.1 Å². The molecule has 8 heteroatoms. The summed E-state index contributed by atoms with van der Waals surface area (Å²) >= 11 is 1.51. The van der Waals surface area contributed by atoms with E-state index in [1.165, 1.54) is 11.3 Å². The lowest BCUT2D eigenvalue weighted by Crippen LogP contribution is -2.61. The molecule has 0 aromatic carbocycles. The van der Waals surface area contributed by atoms with Crippen LogP contribution in [0.3, 0.4) is 0 Å². The average Bonchev–Trinajstić information content (AvgIpc) is 3.10. The fourth-order valence-electron chi connectivity index (χ4n) is 3.86. The highest BCUT2D eigenvalue weighted by molar-refractivity contribution is 7.91. The molecule has 0 aliphatic carbocycles. The number of aromatic nitrogens is 1. The number of rotatable bonds is 5. The topological polar surface area (TPSA) is 70.6 Å². The van der Waals surface area contributed by atoms with E-state index in [1.54, 1.807) is 4.90 Å². The van der Waals surface area contributed by atoms with Crippen LogP contribution < -0.4 is 0 Å². The SMILES string of the molecule is CCCc1nc(C(=O)N2CCN(CC(C)C)[C@@H]3CS(=O)(=O)C[C@@H]32)cs1. The third-order valence-corrected chi connectivity index (χ3v) is 7.49. The number of hydrogen-bond donors (Lipinski definition) is 0. The number of aryl methyl sites for hydroxylation is 1. The summed E-state index contributed by atoms with van der Waals surface area (Å²) in [7, 11) is -3.10. The lowest BCUT2D eigenvalue weighted by Gasteiger charge is -2.44. The molecule has 6 nitrogen and oxygen atoms in total. The highest BCUT2D eigenvalue weighted by Gasteiger charge is 2.48. The first-order valence-electron chi connectivity index (χ1n) is 9.00. The van der Waals surface area contributed by atoms with Gasteiger partial charge in [-0.15, -0.1) is 11.3 Å². The van der Waals surface area contributed by atoms with Crippen molar-refractivity contribution in [1.82, 2.24) is 14.8 Å². The number of fused-ring (bicyclic) bond motifs is 1. The first-order chi connectivity index (χ1) is 11.8. The standard InChI is InChI=1S/C17H27N3O3S2/c1-4-5-16-18-13(9-24-16)17(21)20-7-6-19(8-12(2)3)14-10-25(22,23)11-15(14)20/h9,12,14-15H,4-8,10-11H2,1-3H3/t14-,15+/m1/s1. The monoisotopic (exact) mass is 385 g/mol. The summed E-state index contributed by atoms with van der Waals surface area (Å²) in [6.07, 6.45) is 1.87. The van der Waals surface area contributed by atoms with E-state index in [1.807, 2.05) is 5.38 Å². The summed E-state index contributed by atoms with van der Waals surface area (Å²) in [6, 6.07) is -0.333. The number of hydrogen-bond acceptors (Lipinski definition) is 6. The van der Waals surface area contributed by atoms with Crippen LogP contribution in [0, 0.1) is 5.92 Å². The van der Waals surface area contributed by atoms with Gasteiger partial charge in [0.15, 0.2) is 9.84 Å². The number of sulfone groups is 1. The average molecular weight is 386 g/mol. The lowest BCUT2D eigenvalue weighted by atomic mass is 10.0. The largest absolute Gasteiger partial charge is 0.330 e. The minimum absolute atomic E-state index is 0.0734. The van der Waals surface area contributed by atoms with Gasteiger partial charge in [0.25, 0.3) is 5.91 Å². The van der Waals surface area contributed by atoms with Gasteiger partial charge in [0.2, 0.25) is 0 Å². The van der Waals surface area contributed by atoms with E-state index in [4.69, 9.17) is 0 Å². The van der Waals surface area contributed by atoms with Crippen LogP contribution in [0.5, 0.6) is 0 Å². The molecule has 1 aromatic rings. The molecular formula is C17H27N3O3S2. The third kappa shape index (κ3) is 4.06.